The minimum Gasteiger partial charge on any atom is -0.381 e. The SMILES string of the molecule is CCOCC1(CCc2ccccc2)CCN(Cc2ccc(C(=N)C=N)cc2)CC1. The summed E-state index contributed by atoms with van der Waals surface area (Å²) in [5.41, 5.74) is 4.04. The van der Waals surface area contributed by atoms with E-state index in [1.165, 1.54) is 30.4 Å². The monoisotopic (exact) mass is 391 g/mol. The molecule has 2 aromatic carbocycles. The lowest BCUT2D eigenvalue weighted by molar-refractivity contribution is -0.00232. The molecule has 1 aliphatic rings. The fraction of sp³-hybridized carbons (Fsp3) is 0.440. The predicted molar refractivity (Wildman–Crippen MR) is 120 cm³/mol. The molecule has 3 rings (SSSR count). The number of nitrogens with zero attached hydrogens (tertiary/aromatic N) is 1. The molecule has 2 N–H and O–H groups in total. The maximum absolute atomic E-state index is 7.74. The normalized spacial score (nSPS) is 16.4. The molecule has 4 nitrogen and oxygen atoms in total. The number of nitrogens with one attached hydrogen (secondary N) is 2. The van der Waals surface area contributed by atoms with E-state index >= 15 is 0 Å². The first-order chi connectivity index (χ1) is 14.1. The summed E-state index contributed by atoms with van der Waals surface area (Å²) in [6.07, 6.45) is 5.75. The highest BCUT2D eigenvalue weighted by atomic mass is 16.5. The Hall–Kier alpha value is -2.30. The highest BCUT2D eigenvalue weighted by Gasteiger charge is 2.34. The number of hydrogen-bond acceptors (Lipinski definition) is 4. The van der Waals surface area contributed by atoms with Gasteiger partial charge in [0.05, 0.1) is 12.3 Å². The van der Waals surface area contributed by atoms with Crippen molar-refractivity contribution in [2.75, 3.05) is 26.3 Å². The zero-order valence-electron chi connectivity index (χ0n) is 17.5. The van der Waals surface area contributed by atoms with Crippen LogP contribution in [0.5, 0.6) is 0 Å². The molecular weight excluding hydrogens is 358 g/mol. The van der Waals surface area contributed by atoms with E-state index < -0.39 is 0 Å². The molecule has 0 radical (unpaired) electrons. The standard InChI is InChI=1S/C25H33N3O/c1-2-29-20-25(13-12-21-6-4-3-5-7-21)14-16-28(17-15-25)19-22-8-10-23(11-9-22)24(27)18-26/h3-11,18,26-27H,2,12-17,19-20H2,1H3. The molecule has 154 valence electrons. The van der Waals surface area contributed by atoms with Crippen molar-refractivity contribution in [1.29, 1.82) is 10.8 Å². The van der Waals surface area contributed by atoms with E-state index in [1.54, 1.807) is 0 Å². The first-order valence-electron chi connectivity index (χ1n) is 10.7. The third-order valence-electron chi connectivity index (χ3n) is 6.13. The van der Waals surface area contributed by atoms with E-state index in [0.29, 0.717) is 0 Å². The Morgan fingerprint density at radius 3 is 2.34 bits per heavy atom. The van der Waals surface area contributed by atoms with Gasteiger partial charge in [0.15, 0.2) is 0 Å². The zero-order chi connectivity index (χ0) is 20.5. The number of benzene rings is 2. The van der Waals surface area contributed by atoms with Crippen molar-refractivity contribution in [2.45, 2.75) is 39.2 Å². The van der Waals surface area contributed by atoms with Crippen LogP contribution in [0.1, 0.15) is 42.9 Å². The summed E-state index contributed by atoms with van der Waals surface area (Å²) in [5, 5.41) is 14.9. The van der Waals surface area contributed by atoms with Crippen molar-refractivity contribution in [3.05, 3.63) is 71.3 Å². The lowest BCUT2D eigenvalue weighted by Gasteiger charge is -2.42. The molecule has 1 fully saturated rings. The summed E-state index contributed by atoms with van der Waals surface area (Å²) >= 11 is 0. The van der Waals surface area contributed by atoms with E-state index in [2.05, 4.69) is 54.3 Å². The van der Waals surface area contributed by atoms with Gasteiger partial charge in [-0.3, -0.25) is 10.3 Å². The van der Waals surface area contributed by atoms with Gasteiger partial charge in [-0.15, -0.1) is 0 Å². The molecule has 0 saturated carbocycles. The predicted octanol–water partition coefficient (Wildman–Crippen LogP) is 4.96. The van der Waals surface area contributed by atoms with Gasteiger partial charge in [-0.25, -0.2) is 0 Å². The fourth-order valence-corrected chi connectivity index (χ4v) is 4.16. The van der Waals surface area contributed by atoms with Gasteiger partial charge >= 0.3 is 0 Å². The van der Waals surface area contributed by atoms with Crippen LogP contribution >= 0.6 is 0 Å². The lowest BCUT2D eigenvalue weighted by atomic mass is 9.74. The molecular formula is C25H33N3O. The van der Waals surface area contributed by atoms with E-state index in [0.717, 1.165) is 51.0 Å². The quantitative estimate of drug-likeness (QED) is 0.563. The Bertz CT molecular complexity index is 777. The van der Waals surface area contributed by atoms with E-state index in [4.69, 9.17) is 15.6 Å². The Balaban J connectivity index is 1.56. The van der Waals surface area contributed by atoms with Gasteiger partial charge in [0, 0.05) is 24.9 Å². The molecule has 29 heavy (non-hydrogen) atoms. The number of aryl methyl sites for hydroxylation is 1. The van der Waals surface area contributed by atoms with Crippen LogP contribution in [-0.2, 0) is 17.7 Å². The summed E-state index contributed by atoms with van der Waals surface area (Å²) in [7, 11) is 0. The number of piperidine rings is 1. The Morgan fingerprint density at radius 1 is 1.03 bits per heavy atom. The number of rotatable bonds is 10. The highest BCUT2D eigenvalue weighted by Crippen LogP contribution is 2.37. The van der Waals surface area contributed by atoms with Crippen LogP contribution in [0.4, 0.5) is 0 Å². The summed E-state index contributed by atoms with van der Waals surface area (Å²) in [6.45, 7) is 6.88. The Kier molecular flexibility index (Phi) is 7.73. The van der Waals surface area contributed by atoms with Crippen molar-refractivity contribution in [3.63, 3.8) is 0 Å². The summed E-state index contributed by atoms with van der Waals surface area (Å²) in [6, 6.07) is 18.9. The van der Waals surface area contributed by atoms with Gasteiger partial charge in [-0.05, 0) is 62.2 Å². The van der Waals surface area contributed by atoms with Gasteiger partial charge in [0.2, 0.25) is 0 Å². The largest absolute Gasteiger partial charge is 0.381 e. The first-order valence-corrected chi connectivity index (χ1v) is 10.7. The minimum atomic E-state index is 0.258. The molecule has 1 aliphatic heterocycles. The smallest absolute Gasteiger partial charge is 0.0787 e. The third-order valence-corrected chi connectivity index (χ3v) is 6.13. The molecule has 4 heteroatoms. The van der Waals surface area contributed by atoms with Crippen LogP contribution < -0.4 is 0 Å². The van der Waals surface area contributed by atoms with Gasteiger partial charge in [0.25, 0.3) is 0 Å². The second-order valence-corrected chi connectivity index (χ2v) is 8.15. The summed E-state index contributed by atoms with van der Waals surface area (Å²) in [4.78, 5) is 2.53. The molecule has 2 aromatic rings. The number of hydrogen-bond donors (Lipinski definition) is 2. The maximum atomic E-state index is 7.74. The third kappa shape index (κ3) is 6.09. The molecule has 0 spiro atoms. The van der Waals surface area contributed by atoms with Crippen molar-refractivity contribution in [1.82, 2.24) is 4.90 Å². The van der Waals surface area contributed by atoms with Gasteiger partial charge in [-0.1, -0.05) is 54.6 Å². The number of ether oxygens (including phenoxy) is 1. The lowest BCUT2D eigenvalue weighted by Crippen LogP contribution is -2.42. The average molecular weight is 392 g/mol. The summed E-state index contributed by atoms with van der Waals surface area (Å²) in [5.74, 6) is 0. The molecule has 1 heterocycles. The van der Waals surface area contributed by atoms with Crippen LogP contribution in [0.25, 0.3) is 0 Å². The molecule has 0 amide bonds. The average Bonchev–Trinajstić information content (AvgIpc) is 2.78. The van der Waals surface area contributed by atoms with E-state index in [1.807, 2.05) is 12.1 Å². The summed E-state index contributed by atoms with van der Waals surface area (Å²) < 4.78 is 5.91. The van der Waals surface area contributed by atoms with Crippen LogP contribution in [-0.4, -0.2) is 43.1 Å². The molecule has 0 unspecified atom stereocenters. The van der Waals surface area contributed by atoms with Gasteiger partial charge < -0.3 is 10.1 Å². The van der Waals surface area contributed by atoms with Crippen molar-refractivity contribution in [2.24, 2.45) is 5.41 Å². The Morgan fingerprint density at radius 2 is 1.72 bits per heavy atom. The van der Waals surface area contributed by atoms with Crippen LogP contribution in [0.2, 0.25) is 0 Å². The number of likely N-dealkylation sites (tertiary alicyclic amines) is 1. The van der Waals surface area contributed by atoms with Crippen molar-refractivity contribution in [3.8, 4) is 0 Å². The van der Waals surface area contributed by atoms with Gasteiger partial charge in [0.1, 0.15) is 0 Å². The zero-order valence-corrected chi connectivity index (χ0v) is 17.5. The fourth-order valence-electron chi connectivity index (χ4n) is 4.16. The van der Waals surface area contributed by atoms with Crippen LogP contribution in [0.3, 0.4) is 0 Å². The topological polar surface area (TPSA) is 60.2 Å². The maximum Gasteiger partial charge on any atom is 0.0787 e. The molecule has 0 atom stereocenters. The second kappa shape index (κ2) is 10.5. The minimum absolute atomic E-state index is 0.258. The van der Waals surface area contributed by atoms with Crippen LogP contribution in [0.15, 0.2) is 54.6 Å². The first kappa shape index (κ1) is 21.4. The Labute approximate surface area is 174 Å². The molecule has 0 bridgehead atoms. The molecule has 1 saturated heterocycles. The van der Waals surface area contributed by atoms with E-state index in [9.17, 15) is 0 Å². The highest BCUT2D eigenvalue weighted by molar-refractivity contribution is 6.35. The molecule has 0 aliphatic carbocycles. The van der Waals surface area contributed by atoms with Gasteiger partial charge in [-0.2, -0.15) is 0 Å². The second-order valence-electron chi connectivity index (χ2n) is 8.15. The van der Waals surface area contributed by atoms with Crippen LogP contribution in [0, 0.1) is 16.2 Å². The van der Waals surface area contributed by atoms with Crippen molar-refractivity contribution >= 4 is 11.9 Å². The van der Waals surface area contributed by atoms with E-state index in [-0.39, 0.29) is 11.1 Å². The van der Waals surface area contributed by atoms with Crippen molar-refractivity contribution < 1.29 is 4.74 Å². The molecule has 0 aromatic heterocycles.